The molecule has 3 aromatic rings. The minimum Gasteiger partial charge on any atom is -0.497 e. The predicted octanol–water partition coefficient (Wildman–Crippen LogP) is 4.84. The van der Waals surface area contributed by atoms with E-state index in [4.69, 9.17) is 16.3 Å². The fourth-order valence-corrected chi connectivity index (χ4v) is 3.18. The third-order valence-corrected chi connectivity index (χ3v) is 4.73. The van der Waals surface area contributed by atoms with Crippen LogP contribution in [0, 0.1) is 0 Å². The molecule has 0 saturated carbocycles. The van der Waals surface area contributed by atoms with Gasteiger partial charge in [-0.25, -0.2) is 9.78 Å². The summed E-state index contributed by atoms with van der Waals surface area (Å²) in [7, 11) is 1.64. The molecule has 134 valence electrons. The number of urea groups is 1. The van der Waals surface area contributed by atoms with Crippen molar-refractivity contribution < 1.29 is 9.53 Å². The van der Waals surface area contributed by atoms with Gasteiger partial charge in [-0.05, 0) is 36.2 Å². The number of nitrogens with one attached hydrogen (secondary N) is 2. The Morgan fingerprint density at radius 3 is 2.58 bits per heavy atom. The lowest BCUT2D eigenvalue weighted by atomic mass is 10.1. The summed E-state index contributed by atoms with van der Waals surface area (Å²) in [6.45, 7) is 0.535. The van der Waals surface area contributed by atoms with Crippen LogP contribution in [-0.4, -0.2) is 24.7 Å². The molecule has 0 saturated heterocycles. The fourth-order valence-electron chi connectivity index (χ4n) is 2.34. The van der Waals surface area contributed by atoms with Crippen LogP contribution in [0.25, 0.3) is 11.3 Å². The number of hydrogen-bond donors (Lipinski definition) is 2. The molecule has 2 N–H and O–H groups in total. The van der Waals surface area contributed by atoms with Gasteiger partial charge >= 0.3 is 6.03 Å². The first kappa shape index (κ1) is 18.2. The van der Waals surface area contributed by atoms with Gasteiger partial charge in [-0.3, -0.25) is 5.32 Å². The Kier molecular flexibility index (Phi) is 6.09. The Labute approximate surface area is 161 Å². The van der Waals surface area contributed by atoms with Crippen molar-refractivity contribution in [2.75, 3.05) is 19.0 Å². The first-order valence-electron chi connectivity index (χ1n) is 8.03. The molecule has 0 aliphatic rings. The molecule has 0 unspecified atom stereocenters. The molecule has 1 heterocycles. The Hall–Kier alpha value is -2.57. The maximum atomic E-state index is 12.0. The number of methoxy groups -OCH3 is 1. The summed E-state index contributed by atoms with van der Waals surface area (Å²) in [4.78, 5) is 16.4. The van der Waals surface area contributed by atoms with Crippen LogP contribution < -0.4 is 15.4 Å². The Balaban J connectivity index is 1.48. The number of benzene rings is 2. The predicted molar refractivity (Wildman–Crippen MR) is 106 cm³/mol. The molecule has 3 rings (SSSR count). The number of ether oxygens (including phenoxy) is 1. The SMILES string of the molecule is COc1ccc(CCNC(=O)Nc2nc(-c3ccc(Cl)cc3)cs2)cc1. The first-order chi connectivity index (χ1) is 12.6. The quantitative estimate of drug-likeness (QED) is 0.636. The van der Waals surface area contributed by atoms with E-state index in [2.05, 4.69) is 15.6 Å². The Morgan fingerprint density at radius 2 is 1.88 bits per heavy atom. The number of hydrogen-bond acceptors (Lipinski definition) is 4. The molecule has 0 aliphatic heterocycles. The molecule has 26 heavy (non-hydrogen) atoms. The zero-order valence-electron chi connectivity index (χ0n) is 14.2. The van der Waals surface area contributed by atoms with Crippen molar-refractivity contribution in [3.63, 3.8) is 0 Å². The van der Waals surface area contributed by atoms with Crippen molar-refractivity contribution in [2.24, 2.45) is 0 Å². The molecule has 0 spiro atoms. The second-order valence-electron chi connectivity index (χ2n) is 5.52. The topological polar surface area (TPSA) is 63.2 Å². The van der Waals surface area contributed by atoms with Gasteiger partial charge in [-0.2, -0.15) is 0 Å². The third kappa shape index (κ3) is 4.97. The van der Waals surface area contributed by atoms with Crippen molar-refractivity contribution in [1.82, 2.24) is 10.3 Å². The van der Waals surface area contributed by atoms with Gasteiger partial charge in [0, 0.05) is 22.5 Å². The van der Waals surface area contributed by atoms with Crippen molar-refractivity contribution >= 4 is 34.1 Å². The highest BCUT2D eigenvalue weighted by molar-refractivity contribution is 7.14. The van der Waals surface area contributed by atoms with Crippen LogP contribution >= 0.6 is 22.9 Å². The van der Waals surface area contributed by atoms with Crippen LogP contribution in [0.2, 0.25) is 5.02 Å². The Morgan fingerprint density at radius 1 is 1.15 bits per heavy atom. The van der Waals surface area contributed by atoms with Gasteiger partial charge in [0.25, 0.3) is 0 Å². The fraction of sp³-hybridized carbons (Fsp3) is 0.158. The van der Waals surface area contributed by atoms with Crippen molar-refractivity contribution in [3.05, 3.63) is 64.5 Å². The number of amides is 2. The molecule has 0 aliphatic carbocycles. The average molecular weight is 388 g/mol. The maximum absolute atomic E-state index is 12.0. The molecule has 0 radical (unpaired) electrons. The molecule has 0 fully saturated rings. The van der Waals surface area contributed by atoms with E-state index in [1.54, 1.807) is 7.11 Å². The highest BCUT2D eigenvalue weighted by Crippen LogP contribution is 2.25. The minimum absolute atomic E-state index is 0.268. The van der Waals surface area contributed by atoms with Crippen LogP contribution in [-0.2, 0) is 6.42 Å². The lowest BCUT2D eigenvalue weighted by molar-refractivity contribution is 0.252. The van der Waals surface area contributed by atoms with Crippen LogP contribution in [0.15, 0.2) is 53.9 Å². The lowest BCUT2D eigenvalue weighted by Gasteiger charge is -2.06. The van der Waals surface area contributed by atoms with Gasteiger partial charge in [0.1, 0.15) is 5.75 Å². The summed E-state index contributed by atoms with van der Waals surface area (Å²) in [6.07, 6.45) is 0.741. The lowest BCUT2D eigenvalue weighted by Crippen LogP contribution is -2.30. The number of carbonyl (C=O) groups is 1. The molecule has 2 amide bonds. The van der Waals surface area contributed by atoms with E-state index in [1.807, 2.05) is 53.9 Å². The number of nitrogens with zero attached hydrogens (tertiary/aromatic N) is 1. The summed E-state index contributed by atoms with van der Waals surface area (Å²) in [5.41, 5.74) is 2.89. The van der Waals surface area contributed by atoms with Gasteiger partial charge in [-0.1, -0.05) is 35.9 Å². The van der Waals surface area contributed by atoms with E-state index < -0.39 is 0 Å². The van der Waals surface area contributed by atoms with Crippen molar-refractivity contribution in [3.8, 4) is 17.0 Å². The standard InChI is InChI=1S/C19H18ClN3O2S/c1-25-16-8-2-13(3-9-16)10-11-21-18(24)23-19-22-17(12-26-19)14-4-6-15(20)7-5-14/h2-9,12H,10-11H2,1H3,(H2,21,22,23,24). The molecule has 5 nitrogen and oxygen atoms in total. The molecule has 0 bridgehead atoms. The van der Waals surface area contributed by atoms with E-state index in [1.165, 1.54) is 11.3 Å². The smallest absolute Gasteiger partial charge is 0.321 e. The van der Waals surface area contributed by atoms with Crippen LogP contribution in [0.1, 0.15) is 5.56 Å². The molecule has 0 atom stereocenters. The van der Waals surface area contributed by atoms with Gasteiger partial charge in [0.05, 0.1) is 12.8 Å². The number of thiazole rings is 1. The first-order valence-corrected chi connectivity index (χ1v) is 9.29. The second-order valence-corrected chi connectivity index (χ2v) is 6.82. The summed E-state index contributed by atoms with van der Waals surface area (Å²) >= 11 is 7.27. The highest BCUT2D eigenvalue weighted by atomic mass is 35.5. The Bertz CT molecular complexity index is 863. The van der Waals surface area contributed by atoms with Gasteiger partial charge in [0.2, 0.25) is 0 Å². The zero-order chi connectivity index (χ0) is 18.4. The van der Waals surface area contributed by atoms with E-state index in [0.717, 1.165) is 29.0 Å². The molecular formula is C19H18ClN3O2S. The second kappa shape index (κ2) is 8.69. The van der Waals surface area contributed by atoms with E-state index in [-0.39, 0.29) is 6.03 Å². The average Bonchev–Trinajstić information content (AvgIpc) is 3.11. The van der Waals surface area contributed by atoms with E-state index in [9.17, 15) is 4.79 Å². The number of aromatic nitrogens is 1. The number of carbonyl (C=O) groups excluding carboxylic acids is 1. The highest BCUT2D eigenvalue weighted by Gasteiger charge is 2.08. The van der Waals surface area contributed by atoms with E-state index in [0.29, 0.717) is 16.7 Å². The number of rotatable bonds is 6. The van der Waals surface area contributed by atoms with Crippen LogP contribution in [0.4, 0.5) is 9.93 Å². The third-order valence-electron chi connectivity index (χ3n) is 3.72. The monoisotopic (exact) mass is 387 g/mol. The number of halogens is 1. The molecule has 2 aromatic carbocycles. The summed E-state index contributed by atoms with van der Waals surface area (Å²) in [5.74, 6) is 0.819. The van der Waals surface area contributed by atoms with E-state index >= 15 is 0 Å². The number of anilines is 1. The zero-order valence-corrected chi connectivity index (χ0v) is 15.7. The summed E-state index contributed by atoms with van der Waals surface area (Å²) in [6, 6.07) is 14.9. The van der Waals surface area contributed by atoms with Crippen LogP contribution in [0.3, 0.4) is 0 Å². The minimum atomic E-state index is -0.268. The largest absolute Gasteiger partial charge is 0.497 e. The van der Waals surface area contributed by atoms with Gasteiger partial charge < -0.3 is 10.1 Å². The summed E-state index contributed by atoms with van der Waals surface area (Å²) < 4.78 is 5.13. The molecule has 7 heteroatoms. The summed E-state index contributed by atoms with van der Waals surface area (Å²) in [5, 5.41) is 8.72. The maximum Gasteiger partial charge on any atom is 0.321 e. The van der Waals surface area contributed by atoms with Crippen molar-refractivity contribution in [2.45, 2.75) is 6.42 Å². The van der Waals surface area contributed by atoms with Crippen molar-refractivity contribution in [1.29, 1.82) is 0 Å². The van der Waals surface area contributed by atoms with Gasteiger partial charge in [-0.15, -0.1) is 11.3 Å². The van der Waals surface area contributed by atoms with Gasteiger partial charge in [0.15, 0.2) is 5.13 Å². The van der Waals surface area contributed by atoms with Crippen LogP contribution in [0.5, 0.6) is 5.75 Å². The molecular weight excluding hydrogens is 370 g/mol. The normalized spacial score (nSPS) is 10.4. The molecule has 1 aromatic heterocycles.